The summed E-state index contributed by atoms with van der Waals surface area (Å²) in [4.78, 5) is 12.1. The maximum absolute atomic E-state index is 12.1. The summed E-state index contributed by atoms with van der Waals surface area (Å²) in [5.41, 5.74) is 0. The van der Waals surface area contributed by atoms with Gasteiger partial charge in [-0.1, -0.05) is 64.9 Å². The number of allylic oxidation sites excluding steroid dienone is 1. The van der Waals surface area contributed by atoms with E-state index in [1.54, 1.807) is 0 Å². The van der Waals surface area contributed by atoms with E-state index in [1.807, 2.05) is 6.08 Å². The van der Waals surface area contributed by atoms with Crippen LogP contribution in [0.4, 0.5) is 0 Å². The summed E-state index contributed by atoms with van der Waals surface area (Å²) in [6.45, 7) is 8.19. The Morgan fingerprint density at radius 3 is 2.22 bits per heavy atom. The van der Waals surface area contributed by atoms with Crippen molar-refractivity contribution in [3.8, 4) is 0 Å². The Hall–Kier alpha value is -0.590. The standard InChI is InChI=1S/C17H32O/c1-4-7-9-10-11-12-15-17(18)16(13-6-3)14-8-5-2/h6,16H,3-5,7-15H2,1-2H3. The largest absolute Gasteiger partial charge is 0.299 e. The van der Waals surface area contributed by atoms with Crippen LogP contribution in [0.1, 0.15) is 84.5 Å². The van der Waals surface area contributed by atoms with Gasteiger partial charge in [-0.15, -0.1) is 6.58 Å². The van der Waals surface area contributed by atoms with Gasteiger partial charge in [0.1, 0.15) is 5.78 Å². The van der Waals surface area contributed by atoms with Gasteiger partial charge in [0.15, 0.2) is 0 Å². The Labute approximate surface area is 114 Å². The summed E-state index contributed by atoms with van der Waals surface area (Å²) >= 11 is 0. The zero-order chi connectivity index (χ0) is 13.6. The van der Waals surface area contributed by atoms with E-state index in [2.05, 4.69) is 20.4 Å². The number of hydrogen-bond donors (Lipinski definition) is 0. The second kappa shape index (κ2) is 12.9. The van der Waals surface area contributed by atoms with E-state index < -0.39 is 0 Å². The smallest absolute Gasteiger partial charge is 0.136 e. The Morgan fingerprint density at radius 1 is 1.00 bits per heavy atom. The van der Waals surface area contributed by atoms with Gasteiger partial charge in [0.2, 0.25) is 0 Å². The predicted molar refractivity (Wildman–Crippen MR) is 80.8 cm³/mol. The molecule has 0 rings (SSSR count). The van der Waals surface area contributed by atoms with Crippen molar-refractivity contribution in [2.75, 3.05) is 0 Å². The highest BCUT2D eigenvalue weighted by Gasteiger charge is 2.15. The zero-order valence-corrected chi connectivity index (χ0v) is 12.5. The molecule has 0 radical (unpaired) electrons. The van der Waals surface area contributed by atoms with E-state index in [0.717, 1.165) is 25.7 Å². The lowest BCUT2D eigenvalue weighted by Gasteiger charge is -2.13. The molecule has 0 heterocycles. The SMILES string of the molecule is C=CCC(CCCC)C(=O)CCCCCCCC. The molecule has 106 valence electrons. The molecular formula is C17H32O. The number of carbonyl (C=O) groups excluding carboxylic acids is 1. The fraction of sp³-hybridized carbons (Fsp3) is 0.824. The number of hydrogen-bond acceptors (Lipinski definition) is 1. The number of Topliss-reactive ketones (excluding diaryl/α,β-unsaturated/α-hetero) is 1. The highest BCUT2D eigenvalue weighted by molar-refractivity contribution is 5.81. The number of unbranched alkanes of at least 4 members (excludes halogenated alkanes) is 6. The molecule has 0 bridgehead atoms. The van der Waals surface area contributed by atoms with Crippen molar-refractivity contribution in [1.82, 2.24) is 0 Å². The van der Waals surface area contributed by atoms with Crippen LogP contribution in [0.15, 0.2) is 12.7 Å². The molecule has 1 nitrogen and oxygen atoms in total. The zero-order valence-electron chi connectivity index (χ0n) is 12.5. The second-order valence-corrected chi connectivity index (χ2v) is 5.35. The van der Waals surface area contributed by atoms with Crippen LogP contribution in [0.2, 0.25) is 0 Å². The minimum atomic E-state index is 0.248. The fourth-order valence-electron chi connectivity index (χ4n) is 2.35. The average molecular weight is 252 g/mol. The molecule has 0 aliphatic heterocycles. The van der Waals surface area contributed by atoms with Crippen LogP contribution in [0.5, 0.6) is 0 Å². The molecule has 0 fully saturated rings. The van der Waals surface area contributed by atoms with Crippen molar-refractivity contribution in [3.05, 3.63) is 12.7 Å². The second-order valence-electron chi connectivity index (χ2n) is 5.35. The summed E-state index contributed by atoms with van der Waals surface area (Å²) in [5, 5.41) is 0. The third-order valence-corrected chi connectivity index (χ3v) is 3.59. The van der Waals surface area contributed by atoms with Crippen molar-refractivity contribution < 1.29 is 4.79 Å². The summed E-state index contributed by atoms with van der Waals surface area (Å²) < 4.78 is 0. The molecule has 0 aromatic rings. The maximum Gasteiger partial charge on any atom is 0.136 e. The van der Waals surface area contributed by atoms with Gasteiger partial charge in [-0.3, -0.25) is 4.79 Å². The van der Waals surface area contributed by atoms with Gasteiger partial charge in [0.25, 0.3) is 0 Å². The van der Waals surface area contributed by atoms with Crippen molar-refractivity contribution in [2.45, 2.75) is 84.5 Å². The molecule has 1 heteroatoms. The molecule has 1 unspecified atom stereocenters. The first-order valence-electron chi connectivity index (χ1n) is 7.89. The summed E-state index contributed by atoms with van der Waals surface area (Å²) in [7, 11) is 0. The maximum atomic E-state index is 12.1. The normalized spacial score (nSPS) is 12.3. The van der Waals surface area contributed by atoms with Crippen molar-refractivity contribution in [1.29, 1.82) is 0 Å². The molecule has 18 heavy (non-hydrogen) atoms. The predicted octanol–water partition coefficient (Wildman–Crippen LogP) is 5.69. The highest BCUT2D eigenvalue weighted by atomic mass is 16.1. The first kappa shape index (κ1) is 17.4. The summed E-state index contributed by atoms with van der Waals surface area (Å²) in [6, 6.07) is 0. The topological polar surface area (TPSA) is 17.1 Å². The molecule has 0 saturated carbocycles. The van der Waals surface area contributed by atoms with Crippen LogP contribution >= 0.6 is 0 Å². The molecule has 0 N–H and O–H groups in total. The molecule has 1 atom stereocenters. The molecule has 0 saturated heterocycles. The molecule has 0 aliphatic carbocycles. The lowest BCUT2D eigenvalue weighted by Crippen LogP contribution is -2.13. The lowest BCUT2D eigenvalue weighted by molar-refractivity contribution is -0.123. The fourth-order valence-corrected chi connectivity index (χ4v) is 2.35. The Kier molecular flexibility index (Phi) is 12.4. The van der Waals surface area contributed by atoms with Gasteiger partial charge >= 0.3 is 0 Å². The van der Waals surface area contributed by atoms with Crippen molar-refractivity contribution >= 4 is 5.78 Å². The Balaban J connectivity index is 3.70. The number of carbonyl (C=O) groups is 1. The average Bonchev–Trinajstić information content (AvgIpc) is 2.38. The van der Waals surface area contributed by atoms with E-state index in [1.165, 1.54) is 44.9 Å². The Morgan fingerprint density at radius 2 is 1.61 bits per heavy atom. The summed E-state index contributed by atoms with van der Waals surface area (Å²) in [5.74, 6) is 0.719. The van der Waals surface area contributed by atoms with E-state index in [4.69, 9.17) is 0 Å². The lowest BCUT2D eigenvalue weighted by atomic mass is 9.91. The third kappa shape index (κ3) is 9.44. The number of rotatable bonds is 13. The highest BCUT2D eigenvalue weighted by Crippen LogP contribution is 2.18. The van der Waals surface area contributed by atoms with Gasteiger partial charge in [0, 0.05) is 12.3 Å². The van der Waals surface area contributed by atoms with E-state index >= 15 is 0 Å². The Bertz CT molecular complexity index is 208. The van der Waals surface area contributed by atoms with E-state index in [0.29, 0.717) is 5.78 Å². The van der Waals surface area contributed by atoms with Crippen molar-refractivity contribution in [2.24, 2.45) is 5.92 Å². The monoisotopic (exact) mass is 252 g/mol. The van der Waals surface area contributed by atoms with Crippen molar-refractivity contribution in [3.63, 3.8) is 0 Å². The van der Waals surface area contributed by atoms with Gasteiger partial charge in [-0.2, -0.15) is 0 Å². The first-order chi connectivity index (χ1) is 8.76. The van der Waals surface area contributed by atoms with Gasteiger partial charge in [0.05, 0.1) is 0 Å². The minimum Gasteiger partial charge on any atom is -0.299 e. The van der Waals surface area contributed by atoms with Gasteiger partial charge < -0.3 is 0 Å². The van der Waals surface area contributed by atoms with Gasteiger partial charge in [-0.25, -0.2) is 0 Å². The van der Waals surface area contributed by atoms with Crippen LogP contribution in [0.3, 0.4) is 0 Å². The number of ketones is 1. The molecule has 0 amide bonds. The van der Waals surface area contributed by atoms with Crippen LogP contribution in [0, 0.1) is 5.92 Å². The third-order valence-electron chi connectivity index (χ3n) is 3.59. The first-order valence-corrected chi connectivity index (χ1v) is 7.89. The van der Waals surface area contributed by atoms with Crippen LogP contribution in [-0.4, -0.2) is 5.78 Å². The van der Waals surface area contributed by atoms with E-state index in [9.17, 15) is 4.79 Å². The van der Waals surface area contributed by atoms with Crippen LogP contribution in [0.25, 0.3) is 0 Å². The molecule has 0 aromatic carbocycles. The van der Waals surface area contributed by atoms with Crippen LogP contribution < -0.4 is 0 Å². The minimum absolute atomic E-state index is 0.248. The molecular weight excluding hydrogens is 220 g/mol. The van der Waals surface area contributed by atoms with Gasteiger partial charge in [-0.05, 0) is 19.3 Å². The quantitative estimate of drug-likeness (QED) is 0.304. The van der Waals surface area contributed by atoms with E-state index in [-0.39, 0.29) is 5.92 Å². The van der Waals surface area contributed by atoms with Crippen LogP contribution in [-0.2, 0) is 4.79 Å². The molecule has 0 aliphatic rings. The molecule has 0 aromatic heterocycles. The molecule has 0 spiro atoms. The summed E-state index contributed by atoms with van der Waals surface area (Å²) in [6.07, 6.45) is 14.5.